The van der Waals surface area contributed by atoms with Gasteiger partial charge in [0.05, 0.1) is 6.04 Å². The van der Waals surface area contributed by atoms with Gasteiger partial charge >= 0.3 is 6.09 Å². The number of cyclic esters (lactones) is 1. The SMILES string of the molecule is C[Si](C)(C)CCC=C(Cc1ccccc1)C(=O)N1C(=O)OC[C@H]1Cc1ccccc1. The van der Waals surface area contributed by atoms with Gasteiger partial charge < -0.3 is 4.74 Å². The maximum Gasteiger partial charge on any atom is 0.417 e. The number of hydrogen-bond acceptors (Lipinski definition) is 3. The van der Waals surface area contributed by atoms with Gasteiger partial charge in [0.25, 0.3) is 5.91 Å². The lowest BCUT2D eigenvalue weighted by atomic mass is 10.0. The molecule has 4 nitrogen and oxygen atoms in total. The smallest absolute Gasteiger partial charge is 0.417 e. The maximum absolute atomic E-state index is 13.5. The topological polar surface area (TPSA) is 46.6 Å². The van der Waals surface area contributed by atoms with Crippen molar-refractivity contribution in [2.75, 3.05) is 6.61 Å². The predicted molar refractivity (Wildman–Crippen MR) is 123 cm³/mol. The number of carbonyl (C=O) groups excluding carboxylic acids is 2. The molecule has 0 radical (unpaired) electrons. The molecule has 1 atom stereocenters. The largest absolute Gasteiger partial charge is 0.447 e. The third-order valence-corrected chi connectivity index (χ3v) is 7.08. The molecule has 0 unspecified atom stereocenters. The number of allylic oxidation sites excluding steroid dienone is 1. The number of carbonyl (C=O) groups is 2. The number of imide groups is 1. The molecule has 1 aliphatic rings. The first kappa shape index (κ1) is 22.0. The fraction of sp³-hybridized carbons (Fsp3) is 0.360. The second-order valence-corrected chi connectivity index (χ2v) is 14.7. The van der Waals surface area contributed by atoms with Gasteiger partial charge in [0.15, 0.2) is 0 Å². The van der Waals surface area contributed by atoms with Crippen molar-refractivity contribution in [2.24, 2.45) is 0 Å². The third-order valence-electron chi connectivity index (χ3n) is 5.29. The van der Waals surface area contributed by atoms with Crippen LogP contribution in [0.15, 0.2) is 72.3 Å². The minimum absolute atomic E-state index is 0.224. The first-order chi connectivity index (χ1) is 14.3. The highest BCUT2D eigenvalue weighted by Crippen LogP contribution is 2.23. The lowest BCUT2D eigenvalue weighted by molar-refractivity contribution is -0.125. The molecule has 158 valence electrons. The van der Waals surface area contributed by atoms with Gasteiger partial charge in [-0.1, -0.05) is 92.4 Å². The third kappa shape index (κ3) is 6.17. The van der Waals surface area contributed by atoms with Gasteiger partial charge in [-0.3, -0.25) is 4.79 Å². The molecule has 30 heavy (non-hydrogen) atoms. The summed E-state index contributed by atoms with van der Waals surface area (Å²) in [5, 5.41) is 0. The van der Waals surface area contributed by atoms with Crippen molar-refractivity contribution in [2.45, 2.75) is 51.0 Å². The first-order valence-corrected chi connectivity index (χ1v) is 14.3. The van der Waals surface area contributed by atoms with E-state index in [1.165, 1.54) is 4.90 Å². The molecule has 0 N–H and O–H groups in total. The van der Waals surface area contributed by atoms with Crippen molar-refractivity contribution in [1.82, 2.24) is 4.90 Å². The molecule has 2 amide bonds. The molecule has 1 heterocycles. The summed E-state index contributed by atoms with van der Waals surface area (Å²) in [5.41, 5.74) is 2.83. The Bertz CT molecular complexity index is 888. The molecule has 1 saturated heterocycles. The van der Waals surface area contributed by atoms with Crippen molar-refractivity contribution < 1.29 is 14.3 Å². The average Bonchev–Trinajstić information content (AvgIpc) is 3.07. The van der Waals surface area contributed by atoms with Gasteiger partial charge in [-0.05, 0) is 24.0 Å². The zero-order chi connectivity index (χ0) is 21.6. The molecule has 5 heteroatoms. The Kier molecular flexibility index (Phi) is 7.27. The van der Waals surface area contributed by atoms with Gasteiger partial charge in [0.1, 0.15) is 6.61 Å². The van der Waals surface area contributed by atoms with Gasteiger partial charge in [-0.25, -0.2) is 9.69 Å². The number of hydrogen-bond donors (Lipinski definition) is 0. The van der Waals surface area contributed by atoms with E-state index in [9.17, 15) is 9.59 Å². The Morgan fingerprint density at radius 2 is 1.63 bits per heavy atom. The van der Waals surface area contributed by atoms with Crippen LogP contribution in [0.4, 0.5) is 4.79 Å². The van der Waals surface area contributed by atoms with Crippen LogP contribution in [0.3, 0.4) is 0 Å². The van der Waals surface area contributed by atoms with Crippen LogP contribution in [0.2, 0.25) is 25.7 Å². The quantitative estimate of drug-likeness (QED) is 0.419. The summed E-state index contributed by atoms with van der Waals surface area (Å²) < 4.78 is 5.28. The molecule has 0 bridgehead atoms. The average molecular weight is 422 g/mol. The van der Waals surface area contributed by atoms with Crippen molar-refractivity contribution in [3.8, 4) is 0 Å². The van der Waals surface area contributed by atoms with Crippen LogP contribution >= 0.6 is 0 Å². The molecule has 0 spiro atoms. The second kappa shape index (κ2) is 9.89. The molecule has 1 fully saturated rings. The number of amides is 2. The van der Waals surface area contributed by atoms with Crippen molar-refractivity contribution in [3.05, 3.63) is 83.4 Å². The lowest BCUT2D eigenvalue weighted by Gasteiger charge is -2.22. The first-order valence-electron chi connectivity index (χ1n) is 10.6. The molecule has 2 aromatic rings. The Morgan fingerprint density at radius 1 is 1.03 bits per heavy atom. The second-order valence-electron chi connectivity index (χ2n) is 9.09. The van der Waals surface area contributed by atoms with E-state index in [2.05, 4.69) is 19.6 Å². The fourth-order valence-electron chi connectivity index (χ4n) is 3.63. The van der Waals surface area contributed by atoms with Crippen LogP contribution < -0.4 is 0 Å². The van der Waals surface area contributed by atoms with E-state index < -0.39 is 14.2 Å². The van der Waals surface area contributed by atoms with Crippen molar-refractivity contribution in [1.29, 1.82) is 0 Å². The highest BCUT2D eigenvalue weighted by atomic mass is 28.3. The highest BCUT2D eigenvalue weighted by Gasteiger charge is 2.39. The monoisotopic (exact) mass is 421 g/mol. The number of nitrogens with zero attached hydrogens (tertiary/aromatic N) is 1. The summed E-state index contributed by atoms with van der Waals surface area (Å²) in [4.78, 5) is 27.3. The van der Waals surface area contributed by atoms with Gasteiger partial charge in [-0.2, -0.15) is 0 Å². The lowest BCUT2D eigenvalue weighted by Crippen LogP contribution is -2.41. The van der Waals surface area contributed by atoms with Crippen LogP contribution in [-0.4, -0.2) is 37.6 Å². The molecule has 0 aliphatic carbocycles. The Morgan fingerprint density at radius 3 is 2.23 bits per heavy atom. The van der Waals surface area contributed by atoms with E-state index in [0.717, 1.165) is 23.6 Å². The van der Waals surface area contributed by atoms with E-state index in [4.69, 9.17) is 4.74 Å². The van der Waals surface area contributed by atoms with Gasteiger partial charge in [0, 0.05) is 20.1 Å². The van der Waals surface area contributed by atoms with E-state index >= 15 is 0 Å². The molecule has 2 aromatic carbocycles. The Labute approximate surface area is 180 Å². The number of rotatable bonds is 8. The zero-order valence-electron chi connectivity index (χ0n) is 18.1. The standard InChI is InChI=1S/C25H31NO3Si/c1-30(2,3)16-10-15-22(17-20-11-6-4-7-12-20)24(27)26-23(19-29-25(26)28)18-21-13-8-5-9-14-21/h4-9,11-15,23H,10,16-19H2,1-3H3/t23-/m1/s1. The van der Waals surface area contributed by atoms with E-state index in [1.54, 1.807) is 0 Å². The zero-order valence-corrected chi connectivity index (χ0v) is 19.1. The molecule has 0 saturated carbocycles. The minimum atomic E-state index is -1.22. The number of ether oxygens (including phenoxy) is 1. The van der Waals surface area contributed by atoms with Crippen LogP contribution in [-0.2, 0) is 22.4 Å². The summed E-state index contributed by atoms with van der Waals surface area (Å²) in [7, 11) is -1.22. The number of benzene rings is 2. The molecule has 0 aromatic heterocycles. The van der Waals surface area contributed by atoms with E-state index in [0.29, 0.717) is 18.4 Å². The summed E-state index contributed by atoms with van der Waals surface area (Å²) in [6.45, 7) is 7.22. The Balaban J connectivity index is 1.81. The summed E-state index contributed by atoms with van der Waals surface area (Å²) in [6.07, 6.45) is 3.48. The van der Waals surface area contributed by atoms with Crippen molar-refractivity contribution >= 4 is 20.1 Å². The Hall–Kier alpha value is -2.66. The maximum atomic E-state index is 13.5. The normalized spacial score (nSPS) is 17.2. The van der Waals surface area contributed by atoms with E-state index in [-0.39, 0.29) is 18.6 Å². The minimum Gasteiger partial charge on any atom is -0.447 e. The summed E-state index contributed by atoms with van der Waals surface area (Å²) in [5.74, 6) is -0.224. The highest BCUT2D eigenvalue weighted by molar-refractivity contribution is 6.76. The van der Waals surface area contributed by atoms with Crippen LogP contribution in [0.25, 0.3) is 0 Å². The van der Waals surface area contributed by atoms with Crippen molar-refractivity contribution in [3.63, 3.8) is 0 Å². The summed E-state index contributed by atoms with van der Waals surface area (Å²) in [6, 6.07) is 20.7. The van der Waals surface area contributed by atoms with Crippen LogP contribution in [0.5, 0.6) is 0 Å². The fourth-order valence-corrected chi connectivity index (χ4v) is 4.64. The van der Waals surface area contributed by atoms with Gasteiger partial charge in [-0.15, -0.1) is 0 Å². The molecular formula is C25H31NO3Si. The van der Waals surface area contributed by atoms with Crippen LogP contribution in [0, 0.1) is 0 Å². The predicted octanol–water partition coefficient (Wildman–Crippen LogP) is 5.47. The molecular weight excluding hydrogens is 390 g/mol. The molecule has 3 rings (SSSR count). The molecule has 1 aliphatic heterocycles. The van der Waals surface area contributed by atoms with Crippen LogP contribution in [0.1, 0.15) is 17.5 Å². The van der Waals surface area contributed by atoms with E-state index in [1.807, 2.05) is 66.7 Å². The van der Waals surface area contributed by atoms with Gasteiger partial charge in [0.2, 0.25) is 0 Å². The summed E-state index contributed by atoms with van der Waals surface area (Å²) >= 11 is 0.